The molecule has 1 aromatic heterocycles. The Labute approximate surface area is 342 Å². The quantitative estimate of drug-likeness (QED) is 0.0498. The Bertz CT molecular complexity index is 962. The van der Waals surface area contributed by atoms with Crippen LogP contribution in [-0.2, 0) is 25.6 Å². The SMILES string of the molecule is CC(C)CCC(COC(=O)CCCCCCCCCC(CCCCCCCCCC(=O)OCC(CCC(C)C)C(C)C)CN(C)CCn1cccc1)C(C)C. The summed E-state index contributed by atoms with van der Waals surface area (Å²) in [5.41, 5.74) is 0. The van der Waals surface area contributed by atoms with Crippen LogP contribution in [0.4, 0.5) is 0 Å². The van der Waals surface area contributed by atoms with Gasteiger partial charge in [0.2, 0.25) is 0 Å². The molecular weight excluding hydrogens is 681 g/mol. The molecule has 1 heterocycles. The molecule has 55 heavy (non-hydrogen) atoms. The summed E-state index contributed by atoms with van der Waals surface area (Å²) in [6.45, 7) is 22.6. The molecule has 0 N–H and O–H groups in total. The first kappa shape index (κ1) is 51.2. The standard InChI is InChI=1S/C49H92N2O4/c1-41(2)30-32-46(43(5)6)39-54-48(52)28-22-18-14-10-12-16-20-26-45(38-50(9)36-37-51-34-24-25-35-51)27-21-17-13-11-15-19-23-29-49(53)55-40-47(44(7)8)33-31-42(3)4/h24-25,34-35,41-47H,10-23,26-33,36-40H2,1-9H3. The molecule has 0 radical (unpaired) electrons. The summed E-state index contributed by atoms with van der Waals surface area (Å²) in [5.74, 6) is 4.24. The third-order valence-electron chi connectivity index (χ3n) is 12.0. The van der Waals surface area contributed by atoms with Gasteiger partial charge < -0.3 is 18.9 Å². The Morgan fingerprint density at radius 3 is 1.29 bits per heavy atom. The first-order valence-corrected chi connectivity index (χ1v) is 23.5. The molecule has 1 rings (SSSR count). The molecule has 0 aromatic carbocycles. The average Bonchev–Trinajstić information content (AvgIpc) is 3.65. The summed E-state index contributed by atoms with van der Waals surface area (Å²) in [4.78, 5) is 27.2. The summed E-state index contributed by atoms with van der Waals surface area (Å²) in [6.07, 6.45) is 29.9. The van der Waals surface area contributed by atoms with Gasteiger partial charge in [-0.1, -0.05) is 145 Å². The molecule has 1 aromatic rings. The highest BCUT2D eigenvalue weighted by Crippen LogP contribution is 2.23. The van der Waals surface area contributed by atoms with Gasteiger partial charge in [0.25, 0.3) is 0 Å². The molecule has 0 amide bonds. The first-order chi connectivity index (χ1) is 26.4. The van der Waals surface area contributed by atoms with Crippen LogP contribution >= 0.6 is 0 Å². The van der Waals surface area contributed by atoms with Crippen molar-refractivity contribution in [3.8, 4) is 0 Å². The number of nitrogens with zero attached hydrogens (tertiary/aromatic N) is 2. The zero-order valence-corrected chi connectivity index (χ0v) is 38.0. The van der Waals surface area contributed by atoms with Crippen LogP contribution in [0.5, 0.6) is 0 Å². The van der Waals surface area contributed by atoms with Gasteiger partial charge >= 0.3 is 11.9 Å². The van der Waals surface area contributed by atoms with Gasteiger partial charge in [0, 0.05) is 44.9 Å². The minimum Gasteiger partial charge on any atom is -0.465 e. The lowest BCUT2D eigenvalue weighted by Gasteiger charge is -2.24. The molecule has 0 aliphatic carbocycles. The minimum absolute atomic E-state index is 0.00325. The van der Waals surface area contributed by atoms with E-state index in [1.165, 1.54) is 96.4 Å². The second-order valence-corrected chi connectivity index (χ2v) is 18.9. The molecule has 0 saturated heterocycles. The lowest BCUT2D eigenvalue weighted by molar-refractivity contribution is -0.146. The maximum atomic E-state index is 12.3. The number of carbonyl (C=O) groups is 2. The molecular formula is C49H92N2O4. The zero-order chi connectivity index (χ0) is 40.7. The molecule has 0 aliphatic rings. The van der Waals surface area contributed by atoms with Crippen LogP contribution in [-0.4, -0.2) is 54.8 Å². The molecule has 0 bridgehead atoms. The fourth-order valence-electron chi connectivity index (χ4n) is 7.69. The number of carbonyl (C=O) groups excluding carboxylic acids is 2. The highest BCUT2D eigenvalue weighted by molar-refractivity contribution is 5.69. The van der Waals surface area contributed by atoms with Crippen LogP contribution in [0.3, 0.4) is 0 Å². The van der Waals surface area contributed by atoms with Gasteiger partial charge in [0.1, 0.15) is 0 Å². The number of likely N-dealkylation sites (N-methyl/N-ethyl adjacent to an activating group) is 1. The number of hydrogen-bond donors (Lipinski definition) is 0. The van der Waals surface area contributed by atoms with E-state index in [1.54, 1.807) is 0 Å². The molecule has 2 unspecified atom stereocenters. The molecule has 2 atom stereocenters. The first-order valence-electron chi connectivity index (χ1n) is 23.5. The van der Waals surface area contributed by atoms with Crippen LogP contribution in [0.15, 0.2) is 24.5 Å². The maximum Gasteiger partial charge on any atom is 0.305 e. The molecule has 6 heteroatoms. The Hall–Kier alpha value is -1.82. The minimum atomic E-state index is -0.00325. The van der Waals surface area contributed by atoms with E-state index in [9.17, 15) is 9.59 Å². The van der Waals surface area contributed by atoms with Gasteiger partial charge in [0.05, 0.1) is 13.2 Å². The lowest BCUT2D eigenvalue weighted by Crippen LogP contribution is -2.29. The number of aromatic nitrogens is 1. The summed E-state index contributed by atoms with van der Waals surface area (Å²) < 4.78 is 13.6. The Kier molecular flexibility index (Phi) is 30.9. The van der Waals surface area contributed by atoms with E-state index >= 15 is 0 Å². The Morgan fingerprint density at radius 1 is 0.527 bits per heavy atom. The van der Waals surface area contributed by atoms with Gasteiger partial charge in [0.15, 0.2) is 0 Å². The van der Waals surface area contributed by atoms with Crippen LogP contribution < -0.4 is 0 Å². The van der Waals surface area contributed by atoms with Crippen LogP contribution in [0, 0.1) is 41.4 Å². The molecule has 322 valence electrons. The van der Waals surface area contributed by atoms with E-state index in [0.29, 0.717) is 61.6 Å². The fraction of sp³-hybridized carbons (Fsp3) is 0.878. The number of hydrogen-bond acceptors (Lipinski definition) is 5. The van der Waals surface area contributed by atoms with Crippen molar-refractivity contribution in [2.75, 3.05) is 33.4 Å². The van der Waals surface area contributed by atoms with E-state index in [4.69, 9.17) is 9.47 Å². The molecule has 0 aliphatic heterocycles. The second-order valence-electron chi connectivity index (χ2n) is 18.9. The van der Waals surface area contributed by atoms with Crippen LogP contribution in [0.25, 0.3) is 0 Å². The second kappa shape index (κ2) is 33.2. The average molecular weight is 773 g/mol. The van der Waals surface area contributed by atoms with Crippen molar-refractivity contribution in [1.82, 2.24) is 9.47 Å². The van der Waals surface area contributed by atoms with Crippen molar-refractivity contribution < 1.29 is 19.1 Å². The van der Waals surface area contributed by atoms with Crippen molar-refractivity contribution in [3.05, 3.63) is 24.5 Å². The molecule has 0 spiro atoms. The molecule has 6 nitrogen and oxygen atoms in total. The van der Waals surface area contributed by atoms with E-state index in [-0.39, 0.29) is 11.9 Å². The summed E-state index contributed by atoms with van der Waals surface area (Å²) in [6, 6.07) is 4.23. The molecule has 0 saturated carbocycles. The monoisotopic (exact) mass is 773 g/mol. The highest BCUT2D eigenvalue weighted by Gasteiger charge is 2.18. The molecule has 0 fully saturated rings. The van der Waals surface area contributed by atoms with E-state index in [2.05, 4.69) is 96.4 Å². The number of esters is 2. The van der Waals surface area contributed by atoms with Crippen molar-refractivity contribution in [1.29, 1.82) is 0 Å². The van der Waals surface area contributed by atoms with E-state index < -0.39 is 0 Å². The van der Waals surface area contributed by atoms with Crippen molar-refractivity contribution in [2.24, 2.45) is 41.4 Å². The van der Waals surface area contributed by atoms with Gasteiger partial charge in [-0.05, 0) is 99.1 Å². The third-order valence-corrected chi connectivity index (χ3v) is 12.0. The highest BCUT2D eigenvalue weighted by atomic mass is 16.5. The predicted molar refractivity (Wildman–Crippen MR) is 235 cm³/mol. The van der Waals surface area contributed by atoms with Gasteiger partial charge in [-0.15, -0.1) is 0 Å². The number of unbranched alkanes of at least 4 members (excludes halogenated alkanes) is 12. The van der Waals surface area contributed by atoms with Gasteiger partial charge in [-0.25, -0.2) is 0 Å². The fourth-order valence-corrected chi connectivity index (χ4v) is 7.69. The topological polar surface area (TPSA) is 60.8 Å². The normalized spacial score (nSPS) is 13.7. The summed E-state index contributed by atoms with van der Waals surface area (Å²) in [7, 11) is 2.30. The maximum absolute atomic E-state index is 12.3. The lowest BCUT2D eigenvalue weighted by atomic mass is 9.89. The third kappa shape index (κ3) is 30.0. The zero-order valence-electron chi connectivity index (χ0n) is 38.0. The summed E-state index contributed by atoms with van der Waals surface area (Å²) in [5, 5.41) is 0. The van der Waals surface area contributed by atoms with Crippen molar-refractivity contribution in [2.45, 2.75) is 203 Å². The van der Waals surface area contributed by atoms with Gasteiger partial charge in [-0.2, -0.15) is 0 Å². The Morgan fingerprint density at radius 2 is 0.909 bits per heavy atom. The van der Waals surface area contributed by atoms with Gasteiger partial charge in [-0.3, -0.25) is 9.59 Å². The van der Waals surface area contributed by atoms with E-state index in [0.717, 1.165) is 57.5 Å². The van der Waals surface area contributed by atoms with E-state index in [1.807, 2.05) is 0 Å². The van der Waals surface area contributed by atoms with Crippen LogP contribution in [0.1, 0.15) is 197 Å². The summed E-state index contributed by atoms with van der Waals surface area (Å²) >= 11 is 0. The number of rotatable bonds is 37. The van der Waals surface area contributed by atoms with Crippen LogP contribution in [0.2, 0.25) is 0 Å². The largest absolute Gasteiger partial charge is 0.465 e. The smallest absolute Gasteiger partial charge is 0.305 e. The Balaban J connectivity index is 2.24. The van der Waals surface area contributed by atoms with Crippen molar-refractivity contribution in [3.63, 3.8) is 0 Å². The van der Waals surface area contributed by atoms with Crippen molar-refractivity contribution >= 4 is 11.9 Å². The number of ether oxygens (including phenoxy) is 2. The predicted octanol–water partition coefficient (Wildman–Crippen LogP) is 13.6.